The zero-order valence-electron chi connectivity index (χ0n) is 15.6. The van der Waals surface area contributed by atoms with Crippen molar-refractivity contribution in [2.24, 2.45) is 12.0 Å². The monoisotopic (exact) mass is 399 g/mol. The van der Waals surface area contributed by atoms with Crippen LogP contribution >= 0.6 is 11.3 Å². The molecule has 29 heavy (non-hydrogen) atoms. The first-order valence-corrected chi connectivity index (χ1v) is 10.00. The van der Waals surface area contributed by atoms with E-state index in [2.05, 4.69) is 31.5 Å². The predicted octanol–water partition coefficient (Wildman–Crippen LogP) is 5.15. The van der Waals surface area contributed by atoms with Gasteiger partial charge in [0.1, 0.15) is 5.65 Å². The number of aromatic nitrogens is 4. The highest BCUT2D eigenvalue weighted by Gasteiger charge is 2.12. The number of nitrogens with zero attached hydrogens (tertiary/aromatic N) is 4. The number of pyridine rings is 1. The van der Waals surface area contributed by atoms with E-state index in [9.17, 15) is 5.11 Å². The van der Waals surface area contributed by atoms with E-state index >= 15 is 0 Å². The fourth-order valence-corrected chi connectivity index (χ4v) is 3.92. The van der Waals surface area contributed by atoms with Crippen molar-refractivity contribution < 1.29 is 5.11 Å². The second-order valence-corrected chi connectivity index (χ2v) is 7.44. The van der Waals surface area contributed by atoms with Gasteiger partial charge in [0.15, 0.2) is 11.7 Å². The van der Waals surface area contributed by atoms with E-state index in [1.54, 1.807) is 28.4 Å². The first-order valence-electron chi connectivity index (χ1n) is 9.06. The standard InChI is InChI=1S/C22H17N5OS/c1-27-20(10-19(26-27)14-5-3-2-4-6-14)23-12-18-17-9-16(15-7-8-29-13-15)11-24-21(17)25-22(18)28/h2-13,28H,1H3,(H,24,25). The van der Waals surface area contributed by atoms with Gasteiger partial charge in [0.25, 0.3) is 0 Å². The fourth-order valence-electron chi connectivity index (χ4n) is 3.25. The maximum absolute atomic E-state index is 10.4. The van der Waals surface area contributed by atoms with Gasteiger partial charge in [0, 0.05) is 42.0 Å². The highest BCUT2D eigenvalue weighted by Crippen LogP contribution is 2.30. The third-order valence-corrected chi connectivity index (χ3v) is 5.46. The summed E-state index contributed by atoms with van der Waals surface area (Å²) in [6.45, 7) is 0. The molecule has 0 aliphatic heterocycles. The molecule has 2 N–H and O–H groups in total. The number of H-pyrrole nitrogens is 1. The van der Waals surface area contributed by atoms with Crippen molar-refractivity contribution in [1.82, 2.24) is 19.7 Å². The maximum atomic E-state index is 10.4. The molecule has 1 aromatic carbocycles. The lowest BCUT2D eigenvalue weighted by atomic mass is 10.1. The van der Waals surface area contributed by atoms with Crippen molar-refractivity contribution in [3.63, 3.8) is 0 Å². The predicted molar refractivity (Wildman–Crippen MR) is 117 cm³/mol. The Morgan fingerprint density at radius 2 is 1.97 bits per heavy atom. The number of aliphatic imine (C=N–C) groups is 1. The molecular formula is C22H17N5OS. The van der Waals surface area contributed by atoms with Crippen LogP contribution < -0.4 is 0 Å². The first kappa shape index (κ1) is 17.4. The molecule has 7 heteroatoms. The van der Waals surface area contributed by atoms with Crippen molar-refractivity contribution in [2.75, 3.05) is 0 Å². The largest absolute Gasteiger partial charge is 0.494 e. The minimum Gasteiger partial charge on any atom is -0.494 e. The van der Waals surface area contributed by atoms with Crippen LogP contribution in [0.25, 0.3) is 33.4 Å². The number of rotatable bonds is 4. The van der Waals surface area contributed by atoms with Crippen molar-refractivity contribution >= 4 is 34.4 Å². The minimum absolute atomic E-state index is 0.0455. The van der Waals surface area contributed by atoms with Gasteiger partial charge in [0.05, 0.1) is 11.3 Å². The third-order valence-electron chi connectivity index (χ3n) is 4.77. The summed E-state index contributed by atoms with van der Waals surface area (Å²) in [6, 6.07) is 16.0. The number of benzene rings is 1. The fraction of sp³-hybridized carbons (Fsp3) is 0.0455. The van der Waals surface area contributed by atoms with Gasteiger partial charge in [-0.2, -0.15) is 16.4 Å². The van der Waals surface area contributed by atoms with E-state index in [1.807, 2.05) is 54.9 Å². The van der Waals surface area contributed by atoms with Gasteiger partial charge < -0.3 is 10.1 Å². The Labute approximate surface area is 170 Å². The quantitative estimate of drug-likeness (QED) is 0.410. The molecular weight excluding hydrogens is 382 g/mol. The van der Waals surface area contributed by atoms with Crippen LogP contribution in [0.1, 0.15) is 5.56 Å². The van der Waals surface area contributed by atoms with E-state index in [0.717, 1.165) is 27.8 Å². The molecule has 0 aliphatic rings. The lowest BCUT2D eigenvalue weighted by Gasteiger charge is -1.98. The van der Waals surface area contributed by atoms with E-state index in [-0.39, 0.29) is 5.88 Å². The molecule has 0 bridgehead atoms. The van der Waals surface area contributed by atoms with E-state index in [1.165, 1.54) is 0 Å². The Balaban J connectivity index is 1.53. The smallest absolute Gasteiger partial charge is 0.199 e. The van der Waals surface area contributed by atoms with Crippen LogP contribution in [0.3, 0.4) is 0 Å². The van der Waals surface area contributed by atoms with Crippen LogP contribution in [-0.4, -0.2) is 31.1 Å². The van der Waals surface area contributed by atoms with Crippen LogP contribution in [0.15, 0.2) is 70.5 Å². The van der Waals surface area contributed by atoms with Crippen LogP contribution in [-0.2, 0) is 7.05 Å². The number of hydrogen-bond acceptors (Lipinski definition) is 5. The molecule has 5 aromatic rings. The summed E-state index contributed by atoms with van der Waals surface area (Å²) in [7, 11) is 1.85. The van der Waals surface area contributed by atoms with Crippen molar-refractivity contribution in [3.05, 3.63) is 71.1 Å². The molecule has 0 amide bonds. The Hall–Kier alpha value is -3.71. The maximum Gasteiger partial charge on any atom is 0.199 e. The Bertz CT molecular complexity index is 1320. The minimum atomic E-state index is 0.0455. The second-order valence-electron chi connectivity index (χ2n) is 6.66. The van der Waals surface area contributed by atoms with Gasteiger partial charge >= 0.3 is 0 Å². The van der Waals surface area contributed by atoms with Crippen LogP contribution in [0.5, 0.6) is 5.88 Å². The first-order chi connectivity index (χ1) is 14.2. The van der Waals surface area contributed by atoms with Gasteiger partial charge in [0.2, 0.25) is 0 Å². The highest BCUT2D eigenvalue weighted by molar-refractivity contribution is 7.08. The molecule has 5 rings (SSSR count). The molecule has 0 unspecified atom stereocenters. The van der Waals surface area contributed by atoms with Gasteiger partial charge in [-0.05, 0) is 28.5 Å². The number of nitrogens with one attached hydrogen (secondary N) is 1. The Morgan fingerprint density at radius 1 is 1.10 bits per heavy atom. The summed E-state index contributed by atoms with van der Waals surface area (Å²) < 4.78 is 1.72. The molecule has 0 aliphatic carbocycles. The molecule has 0 fully saturated rings. The van der Waals surface area contributed by atoms with Gasteiger partial charge in [-0.1, -0.05) is 30.3 Å². The molecule has 0 spiro atoms. The van der Waals surface area contributed by atoms with Crippen molar-refractivity contribution in [1.29, 1.82) is 0 Å². The van der Waals surface area contributed by atoms with Crippen LogP contribution in [0, 0.1) is 0 Å². The number of thiophene rings is 1. The summed E-state index contributed by atoms with van der Waals surface area (Å²) in [5, 5.41) is 19.8. The Morgan fingerprint density at radius 3 is 2.76 bits per heavy atom. The lowest BCUT2D eigenvalue weighted by Crippen LogP contribution is -1.90. The van der Waals surface area contributed by atoms with Gasteiger partial charge in [-0.25, -0.2) is 9.98 Å². The van der Waals surface area contributed by atoms with Crippen molar-refractivity contribution in [2.45, 2.75) is 0 Å². The topological polar surface area (TPSA) is 79.1 Å². The van der Waals surface area contributed by atoms with Crippen LogP contribution in [0.4, 0.5) is 5.82 Å². The van der Waals surface area contributed by atoms with E-state index in [4.69, 9.17) is 0 Å². The summed E-state index contributed by atoms with van der Waals surface area (Å²) in [5.41, 5.74) is 5.21. The Kier molecular flexibility index (Phi) is 4.22. The summed E-state index contributed by atoms with van der Waals surface area (Å²) >= 11 is 1.64. The molecule has 142 valence electrons. The third kappa shape index (κ3) is 3.21. The summed E-state index contributed by atoms with van der Waals surface area (Å²) in [6.07, 6.45) is 3.45. The van der Waals surface area contributed by atoms with Crippen LogP contribution in [0.2, 0.25) is 0 Å². The molecule has 6 nitrogen and oxygen atoms in total. The molecule has 0 radical (unpaired) electrons. The number of aromatic hydroxyl groups is 1. The molecule has 0 atom stereocenters. The highest BCUT2D eigenvalue weighted by atomic mass is 32.1. The molecule has 0 saturated carbocycles. The average molecular weight is 399 g/mol. The summed E-state index contributed by atoms with van der Waals surface area (Å²) in [4.78, 5) is 11.9. The lowest BCUT2D eigenvalue weighted by molar-refractivity contribution is 0.457. The molecule has 4 heterocycles. The average Bonchev–Trinajstić information content (AvgIpc) is 3.46. The summed E-state index contributed by atoms with van der Waals surface area (Å²) in [5.74, 6) is 0.740. The number of fused-ring (bicyclic) bond motifs is 1. The second kappa shape index (κ2) is 7.03. The van der Waals surface area contributed by atoms with Gasteiger partial charge in [-0.15, -0.1) is 0 Å². The molecule has 0 saturated heterocycles. The zero-order valence-corrected chi connectivity index (χ0v) is 16.4. The number of hydrogen-bond donors (Lipinski definition) is 2. The van der Waals surface area contributed by atoms with Crippen molar-refractivity contribution in [3.8, 4) is 28.3 Å². The SMILES string of the molecule is Cn1nc(-c2ccccc2)cc1N=Cc1c(O)[nH]c2ncc(-c3ccsc3)cc12. The zero-order chi connectivity index (χ0) is 19.8. The van der Waals surface area contributed by atoms with E-state index in [0.29, 0.717) is 17.0 Å². The molecule has 4 aromatic heterocycles. The number of aryl methyl sites for hydroxylation is 1. The number of aromatic amines is 1. The van der Waals surface area contributed by atoms with Gasteiger partial charge in [-0.3, -0.25) is 4.68 Å². The normalized spacial score (nSPS) is 11.6. The van der Waals surface area contributed by atoms with E-state index < -0.39 is 0 Å².